The first-order valence-corrected chi connectivity index (χ1v) is 6.57. The summed E-state index contributed by atoms with van der Waals surface area (Å²) in [5.41, 5.74) is -0.587. The predicted octanol–water partition coefficient (Wildman–Crippen LogP) is 1.62. The van der Waals surface area contributed by atoms with Crippen LogP contribution >= 0.6 is 0 Å². The normalized spacial score (nSPS) is 11.6. The first kappa shape index (κ1) is 14.7. The second-order valence-corrected chi connectivity index (χ2v) is 4.54. The van der Waals surface area contributed by atoms with Crippen molar-refractivity contribution in [2.45, 2.75) is 52.1 Å². The fourth-order valence-electron chi connectivity index (χ4n) is 1.89. The van der Waals surface area contributed by atoms with Crippen molar-refractivity contribution in [2.24, 2.45) is 0 Å². The van der Waals surface area contributed by atoms with Gasteiger partial charge in [0.2, 0.25) is 0 Å². The van der Waals surface area contributed by atoms with Gasteiger partial charge in [-0.3, -0.25) is 4.79 Å². The molecule has 5 nitrogen and oxygen atoms in total. The monoisotopic (exact) mass is 253 g/mol. The van der Waals surface area contributed by atoms with Crippen LogP contribution in [0.2, 0.25) is 0 Å². The Hall–Kier alpha value is -1.36. The standard InChI is InChI=1S/C13H23N3O2/c1-4-8-16-9-7-14-11(12(16)18)15-13(5-2,6-3)10-17/h7,9,17H,4-6,8,10H2,1-3H3,(H,14,15). The summed E-state index contributed by atoms with van der Waals surface area (Å²) >= 11 is 0. The van der Waals surface area contributed by atoms with E-state index in [-0.39, 0.29) is 12.2 Å². The molecule has 2 N–H and O–H groups in total. The van der Waals surface area contributed by atoms with Crippen molar-refractivity contribution >= 4 is 5.82 Å². The van der Waals surface area contributed by atoms with Crippen molar-refractivity contribution < 1.29 is 5.11 Å². The van der Waals surface area contributed by atoms with Crippen molar-refractivity contribution in [1.82, 2.24) is 9.55 Å². The molecule has 0 aliphatic heterocycles. The molecule has 102 valence electrons. The lowest BCUT2D eigenvalue weighted by Gasteiger charge is -2.31. The highest BCUT2D eigenvalue weighted by atomic mass is 16.3. The van der Waals surface area contributed by atoms with E-state index < -0.39 is 5.54 Å². The molecule has 1 aromatic heterocycles. The van der Waals surface area contributed by atoms with Crippen molar-refractivity contribution in [3.8, 4) is 0 Å². The van der Waals surface area contributed by atoms with Gasteiger partial charge in [-0.05, 0) is 19.3 Å². The molecule has 0 radical (unpaired) electrons. The number of rotatable bonds is 7. The first-order chi connectivity index (χ1) is 8.62. The number of hydrogen-bond acceptors (Lipinski definition) is 4. The third kappa shape index (κ3) is 3.10. The summed E-state index contributed by atoms with van der Waals surface area (Å²) in [6.45, 7) is 6.67. The third-order valence-electron chi connectivity index (χ3n) is 3.42. The quantitative estimate of drug-likeness (QED) is 0.775. The molecule has 0 amide bonds. The summed E-state index contributed by atoms with van der Waals surface area (Å²) in [7, 11) is 0. The van der Waals surface area contributed by atoms with Gasteiger partial charge in [-0.1, -0.05) is 20.8 Å². The summed E-state index contributed by atoms with van der Waals surface area (Å²) in [6.07, 6.45) is 5.69. The lowest BCUT2D eigenvalue weighted by atomic mass is 9.94. The maximum atomic E-state index is 12.1. The van der Waals surface area contributed by atoms with Crippen LogP contribution in [0.4, 0.5) is 5.82 Å². The van der Waals surface area contributed by atoms with Gasteiger partial charge in [0.15, 0.2) is 5.82 Å². The van der Waals surface area contributed by atoms with Crippen LogP contribution in [-0.4, -0.2) is 26.8 Å². The largest absolute Gasteiger partial charge is 0.394 e. The number of anilines is 1. The Bertz CT molecular complexity index is 416. The van der Waals surface area contributed by atoms with E-state index in [1.807, 2.05) is 20.8 Å². The number of aryl methyl sites for hydroxylation is 1. The van der Waals surface area contributed by atoms with Gasteiger partial charge < -0.3 is 15.0 Å². The molecule has 1 heterocycles. The first-order valence-electron chi connectivity index (χ1n) is 6.57. The lowest BCUT2D eigenvalue weighted by Crippen LogP contribution is -2.43. The number of aliphatic hydroxyl groups excluding tert-OH is 1. The molecular formula is C13H23N3O2. The molecule has 0 aliphatic carbocycles. The molecule has 0 saturated heterocycles. The Morgan fingerprint density at radius 1 is 1.39 bits per heavy atom. The van der Waals surface area contributed by atoms with Gasteiger partial charge >= 0.3 is 0 Å². The third-order valence-corrected chi connectivity index (χ3v) is 3.42. The zero-order valence-electron chi connectivity index (χ0n) is 11.4. The van der Waals surface area contributed by atoms with Gasteiger partial charge in [0, 0.05) is 18.9 Å². The van der Waals surface area contributed by atoms with E-state index in [1.54, 1.807) is 17.0 Å². The van der Waals surface area contributed by atoms with E-state index in [0.717, 1.165) is 19.3 Å². The van der Waals surface area contributed by atoms with Crippen LogP contribution in [-0.2, 0) is 6.54 Å². The minimum absolute atomic E-state index is 0.0101. The van der Waals surface area contributed by atoms with Gasteiger partial charge in [0.1, 0.15) is 0 Å². The summed E-state index contributed by atoms with van der Waals surface area (Å²) in [5.74, 6) is 0.323. The van der Waals surface area contributed by atoms with Crippen LogP contribution < -0.4 is 10.9 Å². The molecule has 0 atom stereocenters. The number of hydrogen-bond donors (Lipinski definition) is 2. The molecule has 0 bridgehead atoms. The highest BCUT2D eigenvalue weighted by molar-refractivity contribution is 5.35. The summed E-state index contributed by atoms with van der Waals surface area (Å²) in [6, 6.07) is 0. The number of nitrogens with one attached hydrogen (secondary N) is 1. The fourth-order valence-corrected chi connectivity index (χ4v) is 1.89. The van der Waals surface area contributed by atoms with E-state index in [2.05, 4.69) is 10.3 Å². The average molecular weight is 253 g/mol. The number of aromatic nitrogens is 2. The Kier molecular flexibility index (Phi) is 5.34. The van der Waals surface area contributed by atoms with E-state index in [1.165, 1.54) is 0 Å². The summed E-state index contributed by atoms with van der Waals surface area (Å²) in [4.78, 5) is 16.2. The van der Waals surface area contributed by atoms with Crippen LogP contribution in [0.25, 0.3) is 0 Å². The number of nitrogens with zero attached hydrogens (tertiary/aromatic N) is 2. The molecule has 0 unspecified atom stereocenters. The predicted molar refractivity (Wildman–Crippen MR) is 72.8 cm³/mol. The maximum absolute atomic E-state index is 12.1. The zero-order valence-corrected chi connectivity index (χ0v) is 11.4. The Balaban J connectivity index is 3.04. The van der Waals surface area contributed by atoms with Crippen LogP contribution in [0.15, 0.2) is 17.2 Å². The average Bonchev–Trinajstić information content (AvgIpc) is 2.41. The topological polar surface area (TPSA) is 67.2 Å². The van der Waals surface area contributed by atoms with E-state index in [9.17, 15) is 9.90 Å². The van der Waals surface area contributed by atoms with Gasteiger partial charge in [-0.15, -0.1) is 0 Å². The zero-order chi connectivity index (χ0) is 13.6. The molecule has 0 saturated carbocycles. The minimum Gasteiger partial charge on any atom is -0.394 e. The van der Waals surface area contributed by atoms with Crippen LogP contribution in [0, 0.1) is 0 Å². The molecule has 0 fully saturated rings. The highest BCUT2D eigenvalue weighted by Gasteiger charge is 2.26. The van der Waals surface area contributed by atoms with E-state index >= 15 is 0 Å². The molecule has 1 rings (SSSR count). The molecule has 18 heavy (non-hydrogen) atoms. The van der Waals surface area contributed by atoms with E-state index in [4.69, 9.17) is 0 Å². The lowest BCUT2D eigenvalue weighted by molar-refractivity contribution is 0.202. The molecular weight excluding hydrogens is 230 g/mol. The van der Waals surface area contributed by atoms with Crippen LogP contribution in [0.1, 0.15) is 40.0 Å². The Morgan fingerprint density at radius 3 is 2.56 bits per heavy atom. The Labute approximate surface area is 108 Å². The number of aliphatic hydroxyl groups is 1. The van der Waals surface area contributed by atoms with Gasteiger partial charge in [0.05, 0.1) is 12.1 Å². The molecule has 0 aromatic carbocycles. The molecule has 5 heteroatoms. The van der Waals surface area contributed by atoms with Gasteiger partial charge in [-0.2, -0.15) is 0 Å². The molecule has 0 spiro atoms. The smallest absolute Gasteiger partial charge is 0.293 e. The second kappa shape index (κ2) is 6.54. The minimum atomic E-state index is -0.461. The van der Waals surface area contributed by atoms with Crippen molar-refractivity contribution in [1.29, 1.82) is 0 Å². The van der Waals surface area contributed by atoms with Gasteiger partial charge in [-0.25, -0.2) is 4.98 Å². The van der Waals surface area contributed by atoms with Crippen LogP contribution in [0.3, 0.4) is 0 Å². The summed E-state index contributed by atoms with van der Waals surface area (Å²) in [5, 5.41) is 12.6. The van der Waals surface area contributed by atoms with Crippen molar-refractivity contribution in [3.05, 3.63) is 22.7 Å². The highest BCUT2D eigenvalue weighted by Crippen LogP contribution is 2.18. The molecule has 1 aromatic rings. The molecule has 0 aliphatic rings. The SMILES string of the molecule is CCCn1ccnc(NC(CC)(CC)CO)c1=O. The fraction of sp³-hybridized carbons (Fsp3) is 0.692. The van der Waals surface area contributed by atoms with Crippen molar-refractivity contribution in [2.75, 3.05) is 11.9 Å². The van der Waals surface area contributed by atoms with Crippen LogP contribution in [0.5, 0.6) is 0 Å². The summed E-state index contributed by atoms with van der Waals surface area (Å²) < 4.78 is 1.64. The Morgan fingerprint density at radius 2 is 2.06 bits per heavy atom. The maximum Gasteiger partial charge on any atom is 0.293 e. The van der Waals surface area contributed by atoms with Crippen molar-refractivity contribution in [3.63, 3.8) is 0 Å². The second-order valence-electron chi connectivity index (χ2n) is 4.54. The van der Waals surface area contributed by atoms with Gasteiger partial charge in [0.25, 0.3) is 5.56 Å². The van der Waals surface area contributed by atoms with E-state index in [0.29, 0.717) is 12.4 Å².